The van der Waals surface area contributed by atoms with Gasteiger partial charge in [-0.3, -0.25) is 4.72 Å². The van der Waals surface area contributed by atoms with Crippen molar-refractivity contribution >= 4 is 32.5 Å². The topological polar surface area (TPSA) is 85.4 Å². The fraction of sp³-hybridized carbons (Fsp3) is 0.167. The second kappa shape index (κ2) is 5.78. The van der Waals surface area contributed by atoms with Crippen molar-refractivity contribution in [3.05, 3.63) is 40.7 Å². The van der Waals surface area contributed by atoms with Gasteiger partial charge in [-0.2, -0.15) is 0 Å². The van der Waals surface area contributed by atoms with Gasteiger partial charge in [0.25, 0.3) is 10.0 Å². The third kappa shape index (κ3) is 3.19. The lowest BCUT2D eigenvalue weighted by Crippen LogP contribution is -2.14. The number of hydrogen-bond donors (Lipinski definition) is 1. The number of methoxy groups -OCH3 is 1. The van der Waals surface area contributed by atoms with E-state index in [2.05, 4.69) is 14.4 Å². The summed E-state index contributed by atoms with van der Waals surface area (Å²) in [6, 6.07) is 4.97. The van der Waals surface area contributed by atoms with Crippen LogP contribution < -0.4 is 4.72 Å². The van der Waals surface area contributed by atoms with Gasteiger partial charge < -0.3 is 4.74 Å². The van der Waals surface area contributed by atoms with Crippen LogP contribution in [0.2, 0.25) is 0 Å². The first-order valence-electron chi connectivity index (χ1n) is 5.68. The zero-order chi connectivity index (χ0) is 15.6. The minimum Gasteiger partial charge on any atom is -0.465 e. The quantitative estimate of drug-likeness (QED) is 0.869. The van der Waals surface area contributed by atoms with Crippen LogP contribution in [0.15, 0.2) is 29.2 Å². The van der Waals surface area contributed by atoms with Gasteiger partial charge in [-0.1, -0.05) is 23.5 Å². The molecule has 0 saturated carbocycles. The second-order valence-corrected chi connectivity index (χ2v) is 6.61. The molecule has 0 amide bonds. The zero-order valence-electron chi connectivity index (χ0n) is 11.1. The molecule has 0 aliphatic carbocycles. The van der Waals surface area contributed by atoms with Crippen molar-refractivity contribution in [1.29, 1.82) is 0 Å². The maximum absolute atomic E-state index is 13.5. The summed E-state index contributed by atoms with van der Waals surface area (Å²) >= 11 is 0.821. The number of nitrogens with one attached hydrogen (secondary N) is 1. The van der Waals surface area contributed by atoms with E-state index in [0.29, 0.717) is 5.69 Å². The van der Waals surface area contributed by atoms with Crippen molar-refractivity contribution in [3.63, 3.8) is 0 Å². The number of thiazole rings is 1. The highest BCUT2D eigenvalue weighted by Gasteiger charge is 2.22. The van der Waals surface area contributed by atoms with E-state index in [1.54, 1.807) is 6.92 Å². The number of nitrogens with zero attached hydrogens (tertiary/aromatic N) is 1. The second-order valence-electron chi connectivity index (χ2n) is 3.96. The Morgan fingerprint density at radius 3 is 2.67 bits per heavy atom. The minimum absolute atomic E-state index is 0.0313. The standard InChI is InChI=1S/C12H11FN2O4S2/c1-7-10(11(16)19-2)20-12(14-7)15-21(17,18)9-6-4-3-5-8(9)13/h3-6H,1-2H3,(H,14,15). The van der Waals surface area contributed by atoms with Gasteiger partial charge >= 0.3 is 5.97 Å². The van der Waals surface area contributed by atoms with E-state index < -0.39 is 26.7 Å². The molecule has 112 valence electrons. The van der Waals surface area contributed by atoms with E-state index in [0.717, 1.165) is 23.5 Å². The van der Waals surface area contributed by atoms with E-state index in [1.807, 2.05) is 0 Å². The summed E-state index contributed by atoms with van der Waals surface area (Å²) in [5, 5.41) is -0.0313. The van der Waals surface area contributed by atoms with Gasteiger partial charge in [0.1, 0.15) is 15.6 Å². The Labute approximate surface area is 124 Å². The summed E-state index contributed by atoms with van der Waals surface area (Å²) in [6.07, 6.45) is 0. The predicted octanol–water partition coefficient (Wildman–Crippen LogP) is 2.18. The molecule has 0 saturated heterocycles. The number of sulfonamides is 1. The molecule has 9 heteroatoms. The molecule has 0 spiro atoms. The minimum atomic E-state index is -4.11. The first kappa shape index (κ1) is 15.4. The average Bonchev–Trinajstić information content (AvgIpc) is 2.78. The number of aryl methyl sites for hydroxylation is 1. The van der Waals surface area contributed by atoms with Crippen molar-refractivity contribution in [3.8, 4) is 0 Å². The van der Waals surface area contributed by atoms with Crippen molar-refractivity contribution < 1.29 is 22.3 Å². The Bertz CT molecular complexity index is 786. The fourth-order valence-electron chi connectivity index (χ4n) is 1.55. The van der Waals surface area contributed by atoms with Gasteiger partial charge in [0.15, 0.2) is 5.13 Å². The van der Waals surface area contributed by atoms with Gasteiger partial charge in [-0.25, -0.2) is 22.6 Å². The summed E-state index contributed by atoms with van der Waals surface area (Å²) in [5.74, 6) is -1.48. The van der Waals surface area contributed by atoms with Crippen LogP contribution >= 0.6 is 11.3 Å². The number of hydrogen-bond acceptors (Lipinski definition) is 6. The molecule has 0 aliphatic heterocycles. The lowest BCUT2D eigenvalue weighted by Gasteiger charge is -2.05. The predicted molar refractivity (Wildman–Crippen MR) is 75.4 cm³/mol. The van der Waals surface area contributed by atoms with E-state index in [4.69, 9.17) is 0 Å². The molecule has 2 aromatic rings. The van der Waals surface area contributed by atoms with Gasteiger partial charge in [-0.05, 0) is 19.1 Å². The van der Waals surface area contributed by atoms with Crippen molar-refractivity contribution in [2.45, 2.75) is 11.8 Å². The number of carbonyl (C=O) groups is 1. The summed E-state index contributed by atoms with van der Waals surface area (Å²) in [5.41, 5.74) is 0.332. The third-order valence-corrected chi connectivity index (χ3v) is 5.07. The summed E-state index contributed by atoms with van der Waals surface area (Å²) < 4.78 is 44.4. The molecular weight excluding hydrogens is 319 g/mol. The van der Waals surface area contributed by atoms with E-state index >= 15 is 0 Å². The maximum atomic E-state index is 13.5. The SMILES string of the molecule is COC(=O)c1sc(NS(=O)(=O)c2ccccc2F)nc1C. The molecule has 0 atom stereocenters. The molecule has 1 N–H and O–H groups in total. The average molecular weight is 330 g/mol. The van der Waals surface area contributed by atoms with Crippen LogP contribution in [-0.2, 0) is 14.8 Å². The Morgan fingerprint density at radius 2 is 2.05 bits per heavy atom. The van der Waals surface area contributed by atoms with E-state index in [9.17, 15) is 17.6 Å². The molecule has 0 aliphatic rings. The smallest absolute Gasteiger partial charge is 0.350 e. The number of carbonyl (C=O) groups excluding carboxylic acids is 1. The van der Waals surface area contributed by atoms with Gasteiger partial charge in [-0.15, -0.1) is 0 Å². The first-order chi connectivity index (χ1) is 9.85. The van der Waals surface area contributed by atoms with Crippen LogP contribution in [0.1, 0.15) is 15.4 Å². The number of anilines is 1. The van der Waals surface area contributed by atoms with Crippen LogP contribution in [0.5, 0.6) is 0 Å². The number of esters is 1. The molecule has 1 heterocycles. The van der Waals surface area contributed by atoms with E-state index in [-0.39, 0.29) is 10.0 Å². The Morgan fingerprint density at radius 1 is 1.38 bits per heavy atom. The lowest BCUT2D eigenvalue weighted by molar-refractivity contribution is 0.0605. The highest BCUT2D eigenvalue weighted by Crippen LogP contribution is 2.26. The summed E-state index contributed by atoms with van der Waals surface area (Å²) in [4.78, 5) is 15.1. The third-order valence-electron chi connectivity index (χ3n) is 2.52. The normalized spacial score (nSPS) is 11.2. The van der Waals surface area contributed by atoms with Gasteiger partial charge in [0.2, 0.25) is 0 Å². The largest absolute Gasteiger partial charge is 0.465 e. The fourth-order valence-corrected chi connectivity index (χ4v) is 3.75. The molecular formula is C12H11FN2O4S2. The van der Waals surface area contributed by atoms with Crippen LogP contribution in [0.25, 0.3) is 0 Å². The first-order valence-corrected chi connectivity index (χ1v) is 7.98. The zero-order valence-corrected chi connectivity index (χ0v) is 12.7. The van der Waals surface area contributed by atoms with Gasteiger partial charge in [0.05, 0.1) is 12.8 Å². The number of benzene rings is 1. The lowest BCUT2D eigenvalue weighted by atomic mass is 10.4. The molecule has 1 aromatic carbocycles. The van der Waals surface area contributed by atoms with Crippen LogP contribution in [0.3, 0.4) is 0 Å². The van der Waals surface area contributed by atoms with Crippen LogP contribution in [0, 0.1) is 12.7 Å². The van der Waals surface area contributed by atoms with Crippen molar-refractivity contribution in [2.75, 3.05) is 11.8 Å². The number of halogens is 1. The molecule has 21 heavy (non-hydrogen) atoms. The Balaban J connectivity index is 2.34. The highest BCUT2D eigenvalue weighted by atomic mass is 32.2. The Hall–Kier alpha value is -2.00. The monoisotopic (exact) mass is 330 g/mol. The summed E-state index contributed by atoms with van der Waals surface area (Å²) in [6.45, 7) is 1.55. The molecule has 0 fully saturated rings. The van der Waals surface area contributed by atoms with E-state index in [1.165, 1.54) is 19.2 Å². The number of aromatic nitrogens is 1. The number of rotatable bonds is 4. The Kier molecular flexibility index (Phi) is 4.24. The van der Waals surface area contributed by atoms with Gasteiger partial charge in [0, 0.05) is 0 Å². The molecule has 6 nitrogen and oxygen atoms in total. The van der Waals surface area contributed by atoms with Crippen LogP contribution in [0.4, 0.5) is 9.52 Å². The molecule has 1 aromatic heterocycles. The van der Waals surface area contributed by atoms with Crippen molar-refractivity contribution in [2.24, 2.45) is 0 Å². The molecule has 0 bridgehead atoms. The highest BCUT2D eigenvalue weighted by molar-refractivity contribution is 7.93. The van der Waals surface area contributed by atoms with Crippen molar-refractivity contribution in [1.82, 2.24) is 4.98 Å². The molecule has 2 rings (SSSR count). The van der Waals surface area contributed by atoms with Crippen LogP contribution in [-0.4, -0.2) is 26.5 Å². The maximum Gasteiger partial charge on any atom is 0.350 e. The molecule has 0 radical (unpaired) electrons. The summed E-state index contributed by atoms with van der Waals surface area (Å²) in [7, 11) is -2.90. The molecule has 0 unspecified atom stereocenters. The number of ether oxygens (including phenoxy) is 1.